The van der Waals surface area contributed by atoms with Crippen LogP contribution < -0.4 is 0 Å². The van der Waals surface area contributed by atoms with Gasteiger partial charge >= 0.3 is 11.9 Å². The molecule has 6 heteroatoms. The van der Waals surface area contributed by atoms with Crippen LogP contribution in [-0.2, 0) is 16.0 Å². The Labute approximate surface area is 138 Å². The number of rotatable bonds is 5. The third kappa shape index (κ3) is 7.13. The zero-order valence-corrected chi connectivity index (χ0v) is 12.8. The molecule has 2 aromatic rings. The summed E-state index contributed by atoms with van der Waals surface area (Å²) >= 11 is 0. The zero-order chi connectivity index (χ0) is 17.9. The van der Waals surface area contributed by atoms with Gasteiger partial charge in [-0.15, -0.1) is 0 Å². The molecule has 0 heterocycles. The van der Waals surface area contributed by atoms with Crippen LogP contribution in [-0.4, -0.2) is 32.4 Å². The third-order valence-electron chi connectivity index (χ3n) is 2.94. The standard InChI is InChI=1S/C9H10O3.C9H8O3/c2*10-8-4-2-1-3-7(8)5-6-9(11)12/h1-4,10H,5-6H2,(H,11,12);1-6,10H,(H,11,12). The van der Waals surface area contributed by atoms with Crippen LogP contribution in [0.1, 0.15) is 17.5 Å². The summed E-state index contributed by atoms with van der Waals surface area (Å²) in [5.74, 6) is -1.63. The first-order chi connectivity index (χ1) is 11.4. The summed E-state index contributed by atoms with van der Waals surface area (Å²) in [6.07, 6.45) is 2.76. The van der Waals surface area contributed by atoms with Crippen molar-refractivity contribution in [2.45, 2.75) is 12.8 Å². The topological polar surface area (TPSA) is 115 Å². The number of benzene rings is 2. The number of para-hydroxylation sites is 2. The average molecular weight is 330 g/mol. The van der Waals surface area contributed by atoms with Crippen LogP contribution in [0.25, 0.3) is 6.08 Å². The lowest BCUT2D eigenvalue weighted by Crippen LogP contribution is -1.97. The van der Waals surface area contributed by atoms with Crippen molar-refractivity contribution in [2.24, 2.45) is 0 Å². The van der Waals surface area contributed by atoms with Gasteiger partial charge in [-0.25, -0.2) is 4.79 Å². The van der Waals surface area contributed by atoms with Crippen molar-refractivity contribution < 1.29 is 30.0 Å². The maximum absolute atomic E-state index is 10.2. The molecule has 0 spiro atoms. The largest absolute Gasteiger partial charge is 0.508 e. The molecule has 24 heavy (non-hydrogen) atoms. The number of carbonyl (C=O) groups is 2. The van der Waals surface area contributed by atoms with E-state index in [1.54, 1.807) is 42.5 Å². The monoisotopic (exact) mass is 330 g/mol. The molecule has 126 valence electrons. The molecule has 0 atom stereocenters. The molecule has 2 rings (SSSR count). The van der Waals surface area contributed by atoms with Crippen LogP contribution in [0.2, 0.25) is 0 Å². The molecule has 0 aromatic heterocycles. The van der Waals surface area contributed by atoms with E-state index in [-0.39, 0.29) is 17.9 Å². The number of carboxylic acid groups (broad SMARTS) is 2. The Morgan fingerprint density at radius 3 is 2.00 bits per heavy atom. The molecule has 0 bridgehead atoms. The van der Waals surface area contributed by atoms with Crippen molar-refractivity contribution >= 4 is 18.0 Å². The van der Waals surface area contributed by atoms with E-state index in [9.17, 15) is 19.8 Å². The Hall–Kier alpha value is -3.28. The fourth-order valence-electron chi connectivity index (χ4n) is 1.75. The maximum atomic E-state index is 10.2. The Morgan fingerprint density at radius 1 is 0.875 bits per heavy atom. The Bertz CT molecular complexity index is 721. The molecule has 0 saturated heterocycles. The highest BCUT2D eigenvalue weighted by Crippen LogP contribution is 2.17. The second-order valence-electron chi connectivity index (χ2n) is 4.75. The van der Waals surface area contributed by atoms with E-state index in [4.69, 9.17) is 10.2 Å². The van der Waals surface area contributed by atoms with E-state index >= 15 is 0 Å². The molecule has 0 aliphatic carbocycles. The molecule has 0 amide bonds. The van der Waals surface area contributed by atoms with Gasteiger partial charge in [0, 0.05) is 18.1 Å². The van der Waals surface area contributed by atoms with E-state index in [0.29, 0.717) is 17.5 Å². The maximum Gasteiger partial charge on any atom is 0.328 e. The lowest BCUT2D eigenvalue weighted by molar-refractivity contribution is -0.137. The minimum absolute atomic E-state index is 0.0531. The summed E-state index contributed by atoms with van der Waals surface area (Å²) < 4.78 is 0. The van der Waals surface area contributed by atoms with Gasteiger partial charge in [-0.1, -0.05) is 36.4 Å². The second-order valence-corrected chi connectivity index (χ2v) is 4.75. The second kappa shape index (κ2) is 9.68. The van der Waals surface area contributed by atoms with Crippen LogP contribution in [0.15, 0.2) is 54.6 Å². The van der Waals surface area contributed by atoms with E-state index < -0.39 is 11.9 Å². The van der Waals surface area contributed by atoms with Gasteiger partial charge in [0.1, 0.15) is 11.5 Å². The minimum atomic E-state index is -1.03. The Kier molecular flexibility index (Phi) is 7.57. The SMILES string of the molecule is O=C(O)C=Cc1ccccc1O.O=C(O)CCc1ccccc1O. The van der Waals surface area contributed by atoms with E-state index in [0.717, 1.165) is 6.08 Å². The van der Waals surface area contributed by atoms with Gasteiger partial charge in [-0.3, -0.25) is 4.79 Å². The third-order valence-corrected chi connectivity index (χ3v) is 2.94. The Morgan fingerprint density at radius 2 is 1.46 bits per heavy atom. The number of aromatic hydroxyl groups is 2. The van der Waals surface area contributed by atoms with Crippen molar-refractivity contribution in [3.63, 3.8) is 0 Å². The first-order valence-corrected chi connectivity index (χ1v) is 7.08. The molecule has 0 unspecified atom stereocenters. The predicted molar refractivity (Wildman–Crippen MR) is 88.8 cm³/mol. The lowest BCUT2D eigenvalue weighted by atomic mass is 10.1. The van der Waals surface area contributed by atoms with Gasteiger partial charge in [0.05, 0.1) is 0 Å². The van der Waals surface area contributed by atoms with E-state index in [1.807, 2.05) is 0 Å². The smallest absolute Gasteiger partial charge is 0.328 e. The molecular formula is C18H18O6. The molecule has 0 radical (unpaired) electrons. The van der Waals surface area contributed by atoms with Crippen molar-refractivity contribution in [3.05, 3.63) is 65.7 Å². The normalized spacial score (nSPS) is 10.0. The molecule has 0 saturated carbocycles. The van der Waals surface area contributed by atoms with Crippen LogP contribution in [0.5, 0.6) is 11.5 Å². The van der Waals surface area contributed by atoms with Crippen LogP contribution in [0.3, 0.4) is 0 Å². The summed E-state index contributed by atoms with van der Waals surface area (Å²) in [6, 6.07) is 13.3. The van der Waals surface area contributed by atoms with Crippen LogP contribution in [0, 0.1) is 0 Å². The highest BCUT2D eigenvalue weighted by atomic mass is 16.4. The highest BCUT2D eigenvalue weighted by Gasteiger charge is 2.02. The number of carboxylic acids is 2. The number of hydrogen-bond acceptors (Lipinski definition) is 4. The molecule has 0 aliphatic rings. The van der Waals surface area contributed by atoms with Crippen molar-refractivity contribution in [1.29, 1.82) is 0 Å². The summed E-state index contributed by atoms with van der Waals surface area (Å²) in [5, 5.41) is 35.1. The summed E-state index contributed by atoms with van der Waals surface area (Å²) in [4.78, 5) is 20.3. The molecule has 4 N–H and O–H groups in total. The molecule has 6 nitrogen and oxygen atoms in total. The van der Waals surface area contributed by atoms with Crippen molar-refractivity contribution in [3.8, 4) is 11.5 Å². The van der Waals surface area contributed by atoms with Crippen LogP contribution in [0.4, 0.5) is 0 Å². The van der Waals surface area contributed by atoms with Gasteiger partial charge < -0.3 is 20.4 Å². The molecule has 0 aliphatic heterocycles. The number of aliphatic carboxylic acids is 2. The van der Waals surface area contributed by atoms with E-state index in [2.05, 4.69) is 0 Å². The van der Waals surface area contributed by atoms with Gasteiger partial charge in [-0.2, -0.15) is 0 Å². The molecular weight excluding hydrogens is 312 g/mol. The first kappa shape index (κ1) is 18.8. The molecule has 0 fully saturated rings. The first-order valence-electron chi connectivity index (χ1n) is 7.08. The number of hydrogen-bond donors (Lipinski definition) is 4. The Balaban J connectivity index is 0.000000240. The number of aryl methyl sites for hydroxylation is 1. The van der Waals surface area contributed by atoms with Gasteiger partial charge in [0.15, 0.2) is 0 Å². The number of phenols is 2. The summed E-state index contributed by atoms with van der Waals surface area (Å²) in [7, 11) is 0. The van der Waals surface area contributed by atoms with E-state index in [1.165, 1.54) is 12.1 Å². The lowest BCUT2D eigenvalue weighted by Gasteiger charge is -2.00. The average Bonchev–Trinajstić information content (AvgIpc) is 2.54. The van der Waals surface area contributed by atoms with Crippen LogP contribution >= 0.6 is 0 Å². The van der Waals surface area contributed by atoms with Gasteiger partial charge in [-0.05, 0) is 30.2 Å². The minimum Gasteiger partial charge on any atom is -0.508 e. The quantitative estimate of drug-likeness (QED) is 0.627. The number of phenolic OH excluding ortho intramolecular Hbond substituents is 2. The summed E-state index contributed by atoms with van der Waals surface area (Å²) in [6.45, 7) is 0. The summed E-state index contributed by atoms with van der Waals surface area (Å²) in [5.41, 5.74) is 1.18. The molecule has 2 aromatic carbocycles. The van der Waals surface area contributed by atoms with Gasteiger partial charge in [0.25, 0.3) is 0 Å². The fraction of sp³-hybridized carbons (Fsp3) is 0.111. The highest BCUT2D eigenvalue weighted by molar-refractivity contribution is 5.85. The predicted octanol–water partition coefficient (Wildman–Crippen LogP) is 2.90. The zero-order valence-electron chi connectivity index (χ0n) is 12.8. The van der Waals surface area contributed by atoms with Gasteiger partial charge in [0.2, 0.25) is 0 Å². The van der Waals surface area contributed by atoms with Crippen molar-refractivity contribution in [1.82, 2.24) is 0 Å². The fourth-order valence-corrected chi connectivity index (χ4v) is 1.75. The van der Waals surface area contributed by atoms with Crippen molar-refractivity contribution in [2.75, 3.05) is 0 Å².